The number of hydrogen-bond donors (Lipinski definition) is 0. The first-order valence-electron chi connectivity index (χ1n) is 11.4. The second-order valence-electron chi connectivity index (χ2n) is 8.71. The Kier molecular flexibility index (Phi) is 16.5. The monoisotopic (exact) mass is 610 g/mol. The van der Waals surface area contributed by atoms with Gasteiger partial charge in [0.25, 0.3) is 0 Å². The second kappa shape index (κ2) is 17.5. The maximum absolute atomic E-state index is 12.5. The van der Waals surface area contributed by atoms with Gasteiger partial charge < -0.3 is 6.92 Å². The number of carbonyl (C=O) groups excluding carboxylic acids is 3. The Hall–Kier alpha value is -1.99. The van der Waals surface area contributed by atoms with Crippen LogP contribution >= 0.6 is 15.8 Å². The molecule has 0 spiro atoms. The van der Waals surface area contributed by atoms with E-state index in [1.165, 1.54) is 36.4 Å². The molecule has 0 radical (unpaired) electrons. The minimum Gasteiger partial charge on any atom is -0.344 e. The molecule has 6 nitrogen and oxygen atoms in total. The molecule has 1 aliphatic heterocycles. The standard InChI is InChI=1S/C18H9N3O3.2C3H9P.C3H7.Mo/c22-16-10-4-1-5-11(19-10)17(23)13-7-3-9-15(21-13)18(24)14-8-2-6-12(16)20-14;2*1-4(2)3;1-3-2;/h1-9H;2*1-3H3;1,3H2,2H3;/q;;;-1;/p+2. The van der Waals surface area contributed by atoms with Crippen molar-refractivity contribution in [2.24, 2.45) is 0 Å². The van der Waals surface area contributed by atoms with E-state index in [4.69, 9.17) is 0 Å². The van der Waals surface area contributed by atoms with Gasteiger partial charge in [-0.25, -0.2) is 15.0 Å². The van der Waals surface area contributed by atoms with E-state index < -0.39 is 17.3 Å². The molecule has 0 aromatic carbocycles. The summed E-state index contributed by atoms with van der Waals surface area (Å²) < 4.78 is 0. The van der Waals surface area contributed by atoms with Crippen molar-refractivity contribution in [1.29, 1.82) is 0 Å². The van der Waals surface area contributed by atoms with Crippen molar-refractivity contribution in [1.82, 2.24) is 15.0 Å². The van der Waals surface area contributed by atoms with Crippen LogP contribution in [0.2, 0.25) is 0 Å². The molecule has 4 rings (SSSR count). The minimum absolute atomic E-state index is 0. The molecule has 3 aromatic rings. The van der Waals surface area contributed by atoms with Gasteiger partial charge in [0.2, 0.25) is 17.3 Å². The molecule has 0 saturated carbocycles. The summed E-state index contributed by atoms with van der Waals surface area (Å²) in [5, 5.41) is 0. The van der Waals surface area contributed by atoms with E-state index in [2.05, 4.69) is 61.9 Å². The van der Waals surface area contributed by atoms with Gasteiger partial charge in [-0.3, -0.25) is 14.4 Å². The maximum atomic E-state index is 12.5. The summed E-state index contributed by atoms with van der Waals surface area (Å²) in [6.45, 7) is 19.1. The fraction of sp³-hybridized carbons (Fsp3) is 0.296. The van der Waals surface area contributed by atoms with Crippen LogP contribution in [-0.2, 0) is 21.1 Å². The first-order chi connectivity index (χ1) is 16.5. The number of carbonyl (C=O) groups is 3. The van der Waals surface area contributed by atoms with E-state index in [0.717, 1.165) is 6.42 Å². The summed E-state index contributed by atoms with van der Waals surface area (Å²) in [6.07, 6.45) is 1.00. The van der Waals surface area contributed by atoms with Gasteiger partial charge in [0.05, 0.1) is 0 Å². The first-order valence-corrected chi connectivity index (χ1v) is 17.4. The molecule has 0 saturated heterocycles. The molecule has 36 heavy (non-hydrogen) atoms. The average Bonchev–Trinajstić information content (AvgIpc) is 2.82. The average molecular weight is 608 g/mol. The number of pyridine rings is 3. The molecule has 0 N–H and O–H groups in total. The zero-order valence-electron chi connectivity index (χ0n) is 22.1. The van der Waals surface area contributed by atoms with Crippen molar-refractivity contribution < 1.29 is 35.4 Å². The normalized spacial score (nSPS) is 11.3. The van der Waals surface area contributed by atoms with E-state index in [0.29, 0.717) is 0 Å². The molecule has 192 valence electrons. The number of fused-ring (bicyclic) bond motifs is 6. The molecule has 9 heteroatoms. The van der Waals surface area contributed by atoms with Gasteiger partial charge in [0, 0.05) is 61.1 Å². The Morgan fingerprint density at radius 3 is 0.833 bits per heavy atom. The molecule has 6 bridgehead atoms. The molecule has 0 fully saturated rings. The molecule has 0 atom stereocenters. The van der Waals surface area contributed by atoms with Gasteiger partial charge >= 0.3 is 0 Å². The van der Waals surface area contributed by atoms with E-state index in [1.54, 1.807) is 18.2 Å². The third-order valence-electron chi connectivity index (χ3n) is 3.64. The van der Waals surface area contributed by atoms with Crippen LogP contribution in [0.3, 0.4) is 0 Å². The zero-order chi connectivity index (χ0) is 26.5. The molecule has 3 aromatic heterocycles. The van der Waals surface area contributed by atoms with E-state index in [1.807, 2.05) is 6.92 Å². The Morgan fingerprint density at radius 2 is 0.694 bits per heavy atom. The van der Waals surface area contributed by atoms with Crippen LogP contribution in [0, 0.1) is 6.92 Å². The third-order valence-corrected chi connectivity index (χ3v) is 3.64. The number of ketones is 3. The predicted octanol–water partition coefficient (Wildman–Crippen LogP) is 5.29. The molecule has 4 heterocycles. The summed E-state index contributed by atoms with van der Waals surface area (Å²) in [5.74, 6) is -1.34. The van der Waals surface area contributed by atoms with E-state index in [-0.39, 0.29) is 71.1 Å². The van der Waals surface area contributed by atoms with Crippen molar-refractivity contribution in [3.05, 3.63) is 95.7 Å². The summed E-state index contributed by atoms with van der Waals surface area (Å²) in [6, 6.07) is 13.8. The van der Waals surface area contributed by atoms with Gasteiger partial charge in [-0.05, 0) is 52.2 Å². The Balaban J connectivity index is 0.000000874. The quantitative estimate of drug-likeness (QED) is 0.153. The van der Waals surface area contributed by atoms with E-state index in [9.17, 15) is 14.4 Å². The maximum Gasteiger partial charge on any atom is 0.229 e. The van der Waals surface area contributed by atoms with Crippen LogP contribution in [0.4, 0.5) is 0 Å². The summed E-state index contributed by atoms with van der Waals surface area (Å²) in [4.78, 5) is 50.0. The van der Waals surface area contributed by atoms with Crippen molar-refractivity contribution in [3.8, 4) is 0 Å². The number of hydrogen-bond acceptors (Lipinski definition) is 6. The van der Waals surface area contributed by atoms with Crippen LogP contribution < -0.4 is 0 Å². The van der Waals surface area contributed by atoms with Crippen molar-refractivity contribution in [2.75, 3.05) is 40.0 Å². The predicted molar refractivity (Wildman–Crippen MR) is 151 cm³/mol. The van der Waals surface area contributed by atoms with Gasteiger partial charge in [-0.15, -0.1) is 0 Å². The van der Waals surface area contributed by atoms with Gasteiger partial charge in [-0.1, -0.05) is 25.1 Å². The summed E-state index contributed by atoms with van der Waals surface area (Å²) in [5.41, 5.74) is 0.554. The Bertz CT molecular complexity index is 947. The second-order valence-corrected chi connectivity index (χ2v) is 14.7. The molecular formula is C27H36MoN3O3P2+. The fourth-order valence-electron chi connectivity index (χ4n) is 2.46. The third kappa shape index (κ3) is 11.4. The Labute approximate surface area is 231 Å². The van der Waals surface area contributed by atoms with Crippen LogP contribution in [0.15, 0.2) is 54.6 Å². The topological polar surface area (TPSA) is 89.9 Å². The van der Waals surface area contributed by atoms with Crippen molar-refractivity contribution >= 4 is 33.2 Å². The van der Waals surface area contributed by atoms with Gasteiger partial charge in [0.15, 0.2) is 0 Å². The Morgan fingerprint density at radius 1 is 0.556 bits per heavy atom. The number of nitrogens with zero attached hydrogens (tertiary/aromatic N) is 3. The van der Waals surface area contributed by atoms with Crippen LogP contribution in [0.25, 0.3) is 0 Å². The van der Waals surface area contributed by atoms with Crippen molar-refractivity contribution in [3.63, 3.8) is 0 Å². The molecule has 0 amide bonds. The molecule has 0 unspecified atom stereocenters. The number of rotatable bonds is 0. The largest absolute Gasteiger partial charge is 0.344 e. The van der Waals surface area contributed by atoms with Crippen LogP contribution in [0.1, 0.15) is 61.9 Å². The molecule has 1 aliphatic rings. The van der Waals surface area contributed by atoms with Crippen LogP contribution in [0.5, 0.6) is 0 Å². The van der Waals surface area contributed by atoms with E-state index >= 15 is 0 Å². The first kappa shape index (κ1) is 34.0. The molecule has 0 aliphatic carbocycles. The van der Waals surface area contributed by atoms with Crippen LogP contribution in [-0.4, -0.2) is 72.3 Å². The smallest absolute Gasteiger partial charge is 0.229 e. The fourth-order valence-corrected chi connectivity index (χ4v) is 2.46. The van der Waals surface area contributed by atoms with Gasteiger partial charge in [-0.2, -0.15) is 6.42 Å². The van der Waals surface area contributed by atoms with Gasteiger partial charge in [0.1, 0.15) is 34.2 Å². The summed E-state index contributed by atoms with van der Waals surface area (Å²) >= 11 is 0. The zero-order valence-corrected chi connectivity index (χ0v) is 26.1. The summed E-state index contributed by atoms with van der Waals surface area (Å²) in [7, 11) is 0.241. The van der Waals surface area contributed by atoms with Crippen molar-refractivity contribution in [2.45, 2.75) is 13.3 Å². The number of aromatic nitrogens is 3. The minimum atomic E-state index is -0.448. The SMILES string of the molecule is C[PH+](C)C.C[PH+](C)C.O=C1c2cccc(n2)C(=O)c2cccc(n2)C(=O)c2cccc1n2.[CH2-]CC.[Mo]. The molecular weight excluding hydrogens is 572 g/mol.